The van der Waals surface area contributed by atoms with Gasteiger partial charge in [-0.25, -0.2) is 4.98 Å². The van der Waals surface area contributed by atoms with Crippen molar-refractivity contribution in [1.82, 2.24) is 19.8 Å². The van der Waals surface area contributed by atoms with Crippen molar-refractivity contribution in [3.63, 3.8) is 0 Å². The molecule has 0 saturated carbocycles. The number of alkyl halides is 3. The Labute approximate surface area is 234 Å². The Hall–Kier alpha value is -4.51. The number of halogens is 3. The number of hydrogen-bond donors (Lipinski definition) is 1. The van der Waals surface area contributed by atoms with Gasteiger partial charge in [-0.2, -0.15) is 13.2 Å². The largest absolute Gasteiger partial charge is 0.460 e. The average molecular weight is 564 g/mol. The summed E-state index contributed by atoms with van der Waals surface area (Å²) in [5, 5.41) is 0.250. The number of benzene rings is 1. The van der Waals surface area contributed by atoms with Crippen molar-refractivity contribution in [3.8, 4) is 11.3 Å². The number of hydrogen-bond acceptors (Lipinski definition) is 7. The van der Waals surface area contributed by atoms with Gasteiger partial charge in [0.1, 0.15) is 17.2 Å². The van der Waals surface area contributed by atoms with E-state index in [0.29, 0.717) is 35.7 Å². The number of aryl methyl sites for hydroxylation is 1. The van der Waals surface area contributed by atoms with Crippen LogP contribution in [0.25, 0.3) is 28.3 Å². The molecule has 8 nitrogen and oxygen atoms in total. The maximum absolute atomic E-state index is 14.0. The van der Waals surface area contributed by atoms with Gasteiger partial charge in [-0.15, -0.1) is 0 Å². The lowest BCUT2D eigenvalue weighted by molar-refractivity contribution is -0.136. The first-order valence-corrected chi connectivity index (χ1v) is 13.1. The zero-order valence-corrected chi connectivity index (χ0v) is 22.3. The fourth-order valence-electron chi connectivity index (χ4n) is 4.61. The summed E-state index contributed by atoms with van der Waals surface area (Å²) in [6.45, 7) is 2.76. The highest BCUT2D eigenvalue weighted by molar-refractivity contribution is 5.95. The molecule has 2 N–H and O–H groups in total. The minimum absolute atomic E-state index is 0.0529. The second-order valence-electron chi connectivity index (χ2n) is 10.00. The van der Waals surface area contributed by atoms with Gasteiger partial charge in [0.25, 0.3) is 5.91 Å². The molecule has 0 spiro atoms. The molecule has 11 heteroatoms. The molecular formula is C30H28F3N5O3. The number of nitrogens with two attached hydrogens (primary N) is 1. The third-order valence-electron chi connectivity index (χ3n) is 6.96. The lowest BCUT2D eigenvalue weighted by Crippen LogP contribution is -2.47. The molecule has 4 heterocycles. The predicted octanol–water partition coefficient (Wildman–Crippen LogP) is 5.09. The van der Waals surface area contributed by atoms with Gasteiger partial charge < -0.3 is 20.0 Å². The first kappa shape index (κ1) is 28.0. The van der Waals surface area contributed by atoms with Crippen molar-refractivity contribution in [3.05, 3.63) is 83.4 Å². The number of ketones is 1. The highest BCUT2D eigenvalue weighted by atomic mass is 19.4. The third-order valence-corrected chi connectivity index (χ3v) is 6.96. The van der Waals surface area contributed by atoms with Gasteiger partial charge in [0.2, 0.25) is 0 Å². The zero-order chi connectivity index (χ0) is 29.1. The Balaban J connectivity index is 1.34. The number of likely N-dealkylation sites (N-methyl/N-ethyl adjacent to an activating group) is 1. The quantitative estimate of drug-likeness (QED) is 0.312. The summed E-state index contributed by atoms with van der Waals surface area (Å²) in [5.41, 5.74) is 5.94. The van der Waals surface area contributed by atoms with E-state index in [1.165, 1.54) is 24.5 Å². The number of carbonyl (C=O) groups is 2. The molecule has 0 unspecified atom stereocenters. The van der Waals surface area contributed by atoms with Crippen molar-refractivity contribution < 1.29 is 27.2 Å². The Kier molecular flexibility index (Phi) is 7.89. The van der Waals surface area contributed by atoms with Crippen molar-refractivity contribution in [1.29, 1.82) is 0 Å². The topological polar surface area (TPSA) is 106 Å². The molecule has 1 aromatic carbocycles. The van der Waals surface area contributed by atoms with Gasteiger partial charge >= 0.3 is 6.18 Å². The number of pyridine rings is 2. The SMILES string of the molecule is CN1CCN(C(=O)c2ccc(-c3cc(C(F)(F)F)c4oc(CCC(=O)/C=C/c5ccc(N)nc5)cc4c3)nc2)CC1. The summed E-state index contributed by atoms with van der Waals surface area (Å²) in [6, 6.07) is 10.5. The minimum Gasteiger partial charge on any atom is -0.460 e. The van der Waals surface area contributed by atoms with E-state index in [9.17, 15) is 22.8 Å². The van der Waals surface area contributed by atoms with Gasteiger partial charge in [-0.3, -0.25) is 14.6 Å². The number of piperazine rings is 1. The Bertz CT molecular complexity index is 1590. The summed E-state index contributed by atoms with van der Waals surface area (Å²) in [4.78, 5) is 37.3. The van der Waals surface area contributed by atoms with Crippen molar-refractivity contribution in [2.24, 2.45) is 0 Å². The van der Waals surface area contributed by atoms with Crippen LogP contribution in [-0.4, -0.2) is 64.7 Å². The second-order valence-corrected chi connectivity index (χ2v) is 10.00. The summed E-state index contributed by atoms with van der Waals surface area (Å²) >= 11 is 0. The fraction of sp³-hybridized carbons (Fsp3) is 0.267. The summed E-state index contributed by atoms with van der Waals surface area (Å²) in [6.07, 6.45) is 1.42. The van der Waals surface area contributed by atoms with Crippen molar-refractivity contribution in [2.75, 3.05) is 39.0 Å². The van der Waals surface area contributed by atoms with Gasteiger partial charge in [0, 0.05) is 62.4 Å². The van der Waals surface area contributed by atoms with E-state index in [1.54, 1.807) is 41.3 Å². The number of nitrogens with zero attached hydrogens (tertiary/aromatic N) is 4. The number of fused-ring (bicyclic) bond motifs is 1. The Morgan fingerprint density at radius 2 is 1.80 bits per heavy atom. The van der Waals surface area contributed by atoms with Gasteiger partial charge in [-0.05, 0) is 67.2 Å². The Morgan fingerprint density at radius 1 is 1.02 bits per heavy atom. The average Bonchev–Trinajstić information content (AvgIpc) is 3.38. The monoisotopic (exact) mass is 563 g/mol. The lowest BCUT2D eigenvalue weighted by atomic mass is 10.0. The molecule has 1 aliphatic heterocycles. The van der Waals surface area contributed by atoms with Crippen LogP contribution in [0.2, 0.25) is 0 Å². The number of furan rings is 1. The number of carbonyl (C=O) groups excluding carboxylic acids is 2. The second kappa shape index (κ2) is 11.5. The normalized spacial score (nSPS) is 14.7. The highest BCUT2D eigenvalue weighted by Gasteiger charge is 2.35. The molecule has 1 aliphatic rings. The molecule has 1 amide bonds. The van der Waals surface area contributed by atoms with E-state index in [4.69, 9.17) is 10.2 Å². The number of nitrogen functional groups attached to an aromatic ring is 1. The van der Waals surface area contributed by atoms with Crippen LogP contribution in [0.15, 0.2) is 65.4 Å². The smallest absolute Gasteiger partial charge is 0.420 e. The molecule has 41 heavy (non-hydrogen) atoms. The molecule has 212 valence electrons. The van der Waals surface area contributed by atoms with E-state index in [0.717, 1.165) is 19.2 Å². The molecule has 0 radical (unpaired) electrons. The fourth-order valence-corrected chi connectivity index (χ4v) is 4.61. The molecular weight excluding hydrogens is 535 g/mol. The minimum atomic E-state index is -4.67. The van der Waals surface area contributed by atoms with Crippen LogP contribution >= 0.6 is 0 Å². The number of rotatable bonds is 7. The van der Waals surface area contributed by atoms with Crippen LogP contribution in [0, 0.1) is 0 Å². The zero-order valence-electron chi connectivity index (χ0n) is 22.3. The summed E-state index contributed by atoms with van der Waals surface area (Å²) in [7, 11) is 1.99. The lowest BCUT2D eigenvalue weighted by Gasteiger charge is -2.32. The highest BCUT2D eigenvalue weighted by Crippen LogP contribution is 2.39. The standard InChI is InChI=1S/C30H28F3N5O3/c1-37-10-12-38(13-11-37)29(40)20-4-8-26(35-18-20)21-14-22-15-24(41-28(22)25(16-21)30(31,32)33)7-6-23(39)5-2-19-3-9-27(34)36-17-19/h2-5,8-9,14-18H,6-7,10-13H2,1H3,(H2,34,36)/b5-2+. The molecule has 3 aromatic heterocycles. The maximum atomic E-state index is 14.0. The van der Waals surface area contributed by atoms with Crippen LogP contribution in [0.4, 0.5) is 19.0 Å². The Morgan fingerprint density at radius 3 is 2.46 bits per heavy atom. The first-order valence-electron chi connectivity index (χ1n) is 13.1. The van der Waals surface area contributed by atoms with E-state index in [2.05, 4.69) is 14.9 Å². The van der Waals surface area contributed by atoms with E-state index in [-0.39, 0.29) is 46.8 Å². The van der Waals surface area contributed by atoms with Crippen molar-refractivity contribution in [2.45, 2.75) is 19.0 Å². The van der Waals surface area contributed by atoms with Gasteiger partial charge in [0.15, 0.2) is 5.78 Å². The van der Waals surface area contributed by atoms with Crippen LogP contribution < -0.4 is 5.73 Å². The van der Waals surface area contributed by atoms with Gasteiger partial charge in [-0.1, -0.05) is 0 Å². The van der Waals surface area contributed by atoms with Crippen molar-refractivity contribution >= 4 is 34.6 Å². The predicted molar refractivity (Wildman–Crippen MR) is 149 cm³/mol. The third kappa shape index (κ3) is 6.63. The molecule has 5 rings (SSSR count). The molecule has 1 fully saturated rings. The van der Waals surface area contributed by atoms with E-state index >= 15 is 0 Å². The molecule has 1 saturated heterocycles. The van der Waals surface area contributed by atoms with Crippen LogP contribution in [-0.2, 0) is 17.4 Å². The van der Waals surface area contributed by atoms with Crippen LogP contribution in [0.3, 0.4) is 0 Å². The number of anilines is 1. The molecule has 0 aliphatic carbocycles. The molecule has 0 bridgehead atoms. The summed E-state index contributed by atoms with van der Waals surface area (Å²) < 4.78 is 47.6. The first-order chi connectivity index (χ1) is 19.6. The van der Waals surface area contributed by atoms with E-state index < -0.39 is 11.7 Å². The molecule has 4 aromatic rings. The number of allylic oxidation sites excluding steroid dienone is 1. The van der Waals surface area contributed by atoms with Gasteiger partial charge in [0.05, 0.1) is 16.8 Å². The number of aromatic nitrogens is 2. The number of amides is 1. The summed E-state index contributed by atoms with van der Waals surface area (Å²) in [5.74, 6) is 0.260. The van der Waals surface area contributed by atoms with E-state index in [1.807, 2.05) is 7.05 Å². The van der Waals surface area contributed by atoms with Crippen LogP contribution in [0.5, 0.6) is 0 Å². The van der Waals surface area contributed by atoms with Crippen LogP contribution in [0.1, 0.15) is 33.7 Å². The maximum Gasteiger partial charge on any atom is 0.420 e. The molecule has 0 atom stereocenters.